The van der Waals surface area contributed by atoms with Crippen LogP contribution in [0.5, 0.6) is 0 Å². The Balaban J connectivity index is 1.59. The summed E-state index contributed by atoms with van der Waals surface area (Å²) in [5.74, 6) is 0.280. The third-order valence-electron chi connectivity index (χ3n) is 3.45. The molecule has 2 unspecified atom stereocenters. The van der Waals surface area contributed by atoms with Crippen LogP contribution in [0.1, 0.15) is 12.0 Å². The molecule has 0 aliphatic heterocycles. The summed E-state index contributed by atoms with van der Waals surface area (Å²) in [7, 11) is 0. The van der Waals surface area contributed by atoms with E-state index in [0.29, 0.717) is 12.5 Å². The van der Waals surface area contributed by atoms with Crippen molar-refractivity contribution in [2.45, 2.75) is 13.0 Å². The molecule has 1 saturated carbocycles. The Morgan fingerprint density at radius 2 is 2.12 bits per heavy atom. The number of carbonyl (C=O) groups excluding carboxylic acids is 1. The van der Waals surface area contributed by atoms with Crippen molar-refractivity contribution in [1.82, 2.24) is 0 Å². The Hall–Kier alpha value is -1.83. The molecule has 2 atom stereocenters. The maximum Gasteiger partial charge on any atom is 0.314 e. The van der Waals surface area contributed by atoms with Crippen molar-refractivity contribution in [3.63, 3.8) is 0 Å². The van der Waals surface area contributed by atoms with Crippen molar-refractivity contribution in [2.75, 3.05) is 0 Å². The minimum Gasteiger partial charge on any atom is -0.460 e. The normalized spacial score (nSPS) is 24.8. The van der Waals surface area contributed by atoms with Gasteiger partial charge in [0.05, 0.1) is 5.92 Å². The lowest BCUT2D eigenvalue weighted by Crippen LogP contribution is -2.37. The second-order valence-electron chi connectivity index (χ2n) is 4.57. The third kappa shape index (κ3) is 1.91. The fourth-order valence-electron chi connectivity index (χ4n) is 2.45. The molecule has 17 heavy (non-hydrogen) atoms. The van der Waals surface area contributed by atoms with E-state index in [-0.39, 0.29) is 11.9 Å². The first-order chi connectivity index (χ1) is 8.34. The summed E-state index contributed by atoms with van der Waals surface area (Å²) in [4.78, 5) is 11.9. The number of fused-ring (bicyclic) bond motifs is 2. The highest BCUT2D eigenvalue weighted by molar-refractivity contribution is 5.79. The largest absolute Gasteiger partial charge is 0.460 e. The van der Waals surface area contributed by atoms with Gasteiger partial charge >= 0.3 is 5.97 Å². The molecule has 1 aromatic rings. The molecular formula is C15H14O2. The van der Waals surface area contributed by atoms with E-state index in [2.05, 4.69) is 6.08 Å². The second-order valence-corrected chi connectivity index (χ2v) is 4.57. The fraction of sp³-hybridized carbons (Fsp3) is 0.267. The highest BCUT2D eigenvalue weighted by Gasteiger charge is 2.41. The highest BCUT2D eigenvalue weighted by atomic mass is 16.5. The second kappa shape index (κ2) is 4.21. The standard InChI is InChI=1S/C15H14O2/c16-15(14-12-7-4-8-13(14)9-12)17-10-11-5-2-1-3-6-11/h1-8,12,14H,9-10H2. The SMILES string of the molecule is O=C(OCc1ccccc1)C1C2=CC=CC1C2. The van der Waals surface area contributed by atoms with Crippen molar-refractivity contribution < 1.29 is 9.53 Å². The van der Waals surface area contributed by atoms with Crippen LogP contribution in [0.15, 0.2) is 54.1 Å². The highest BCUT2D eigenvalue weighted by Crippen LogP contribution is 2.44. The Kier molecular flexibility index (Phi) is 2.56. The van der Waals surface area contributed by atoms with Gasteiger partial charge in [0, 0.05) is 0 Å². The number of rotatable bonds is 3. The van der Waals surface area contributed by atoms with Gasteiger partial charge in [-0.1, -0.05) is 54.1 Å². The van der Waals surface area contributed by atoms with E-state index in [0.717, 1.165) is 12.0 Å². The van der Waals surface area contributed by atoms with Gasteiger partial charge in [0.25, 0.3) is 0 Å². The van der Waals surface area contributed by atoms with Gasteiger partial charge < -0.3 is 4.74 Å². The van der Waals surface area contributed by atoms with Gasteiger partial charge in [0.15, 0.2) is 0 Å². The van der Waals surface area contributed by atoms with Crippen molar-refractivity contribution in [1.29, 1.82) is 0 Å². The molecule has 2 bridgehead atoms. The van der Waals surface area contributed by atoms with E-state index in [9.17, 15) is 4.79 Å². The van der Waals surface area contributed by atoms with Crippen LogP contribution in [-0.2, 0) is 16.1 Å². The number of hydrogen-bond donors (Lipinski definition) is 0. The minimum absolute atomic E-state index is 0.0105. The number of benzene rings is 1. The summed E-state index contributed by atoms with van der Waals surface area (Å²) < 4.78 is 5.35. The van der Waals surface area contributed by atoms with Crippen LogP contribution in [0.3, 0.4) is 0 Å². The van der Waals surface area contributed by atoms with Crippen LogP contribution in [0.25, 0.3) is 0 Å². The van der Waals surface area contributed by atoms with E-state index in [4.69, 9.17) is 4.74 Å². The zero-order chi connectivity index (χ0) is 11.7. The molecule has 2 nitrogen and oxygen atoms in total. The van der Waals surface area contributed by atoms with Gasteiger partial charge in [-0.25, -0.2) is 0 Å². The van der Waals surface area contributed by atoms with E-state index < -0.39 is 0 Å². The third-order valence-corrected chi connectivity index (χ3v) is 3.45. The molecule has 1 aromatic carbocycles. The average Bonchev–Trinajstić information content (AvgIpc) is 2.38. The summed E-state index contributed by atoms with van der Waals surface area (Å²) >= 11 is 0. The molecule has 0 radical (unpaired) electrons. The van der Waals surface area contributed by atoms with Gasteiger partial charge in [-0.05, 0) is 17.9 Å². The number of hydrogen-bond acceptors (Lipinski definition) is 2. The number of allylic oxidation sites excluding steroid dienone is 3. The van der Waals surface area contributed by atoms with Crippen molar-refractivity contribution in [2.24, 2.45) is 11.8 Å². The van der Waals surface area contributed by atoms with E-state index >= 15 is 0 Å². The van der Waals surface area contributed by atoms with E-state index in [1.807, 2.05) is 42.5 Å². The Labute approximate surface area is 101 Å². The number of ether oxygens (including phenoxy) is 1. The summed E-state index contributed by atoms with van der Waals surface area (Å²) in [6.45, 7) is 0.375. The lowest BCUT2D eigenvalue weighted by atomic mass is 9.66. The van der Waals surface area contributed by atoms with Crippen LogP contribution >= 0.6 is 0 Å². The van der Waals surface area contributed by atoms with Crippen LogP contribution in [-0.4, -0.2) is 5.97 Å². The summed E-state index contributed by atoms with van der Waals surface area (Å²) in [5, 5.41) is 0. The van der Waals surface area contributed by atoms with Gasteiger partial charge in [-0.2, -0.15) is 0 Å². The average molecular weight is 226 g/mol. The molecule has 1 fully saturated rings. The van der Waals surface area contributed by atoms with Crippen LogP contribution in [0.2, 0.25) is 0 Å². The van der Waals surface area contributed by atoms with Crippen LogP contribution < -0.4 is 0 Å². The monoisotopic (exact) mass is 226 g/mol. The van der Waals surface area contributed by atoms with E-state index in [1.54, 1.807) is 0 Å². The number of esters is 1. The number of carbonyl (C=O) groups is 1. The fourth-order valence-corrected chi connectivity index (χ4v) is 2.45. The van der Waals surface area contributed by atoms with Crippen LogP contribution in [0, 0.1) is 11.8 Å². The summed E-state index contributed by atoms with van der Waals surface area (Å²) in [6, 6.07) is 9.79. The quantitative estimate of drug-likeness (QED) is 0.741. The molecule has 2 aliphatic rings. The molecule has 86 valence electrons. The first-order valence-electron chi connectivity index (χ1n) is 5.92. The Morgan fingerprint density at radius 1 is 1.29 bits per heavy atom. The molecular weight excluding hydrogens is 212 g/mol. The van der Waals surface area contributed by atoms with Gasteiger partial charge in [-0.3, -0.25) is 4.79 Å². The molecule has 3 rings (SSSR count). The van der Waals surface area contributed by atoms with E-state index in [1.165, 1.54) is 5.57 Å². The molecule has 2 aliphatic carbocycles. The predicted octanol–water partition coefficient (Wildman–Crippen LogP) is 2.86. The maximum absolute atomic E-state index is 11.9. The Bertz CT molecular complexity index is 485. The maximum atomic E-state index is 11.9. The molecule has 0 spiro atoms. The minimum atomic E-state index is -0.0827. The molecule has 0 saturated heterocycles. The Morgan fingerprint density at radius 3 is 2.76 bits per heavy atom. The lowest BCUT2D eigenvalue weighted by Gasteiger charge is -2.38. The predicted molar refractivity (Wildman–Crippen MR) is 65.1 cm³/mol. The smallest absolute Gasteiger partial charge is 0.314 e. The molecule has 0 heterocycles. The van der Waals surface area contributed by atoms with Crippen molar-refractivity contribution in [3.05, 3.63) is 59.7 Å². The molecule has 0 amide bonds. The first kappa shape index (κ1) is 10.3. The molecule has 0 N–H and O–H groups in total. The van der Waals surface area contributed by atoms with Gasteiger partial charge in [0.1, 0.15) is 6.61 Å². The van der Waals surface area contributed by atoms with Gasteiger partial charge in [0.2, 0.25) is 0 Å². The van der Waals surface area contributed by atoms with Crippen molar-refractivity contribution in [3.8, 4) is 0 Å². The van der Waals surface area contributed by atoms with Crippen molar-refractivity contribution >= 4 is 5.97 Å². The molecule has 2 heteroatoms. The first-order valence-corrected chi connectivity index (χ1v) is 5.92. The van der Waals surface area contributed by atoms with Gasteiger partial charge in [-0.15, -0.1) is 0 Å². The summed E-state index contributed by atoms with van der Waals surface area (Å²) in [5.41, 5.74) is 2.26. The lowest BCUT2D eigenvalue weighted by molar-refractivity contribution is -0.151. The topological polar surface area (TPSA) is 26.3 Å². The molecule has 0 aromatic heterocycles. The van der Waals surface area contributed by atoms with Crippen LogP contribution in [0.4, 0.5) is 0 Å². The zero-order valence-electron chi connectivity index (χ0n) is 9.50. The zero-order valence-corrected chi connectivity index (χ0v) is 9.50. The summed E-state index contributed by atoms with van der Waals surface area (Å²) in [6.07, 6.45) is 7.20.